The fourth-order valence-corrected chi connectivity index (χ4v) is 4.19. The number of para-hydroxylation sites is 1. The van der Waals surface area contributed by atoms with Crippen molar-refractivity contribution < 1.29 is 4.74 Å². The molecule has 0 saturated heterocycles. The summed E-state index contributed by atoms with van der Waals surface area (Å²) >= 11 is 1.79. The van der Waals surface area contributed by atoms with Gasteiger partial charge in [0.25, 0.3) is 0 Å². The molecule has 1 saturated carbocycles. The Labute approximate surface area is 130 Å². The molecule has 1 aliphatic rings. The van der Waals surface area contributed by atoms with Crippen molar-refractivity contribution in [3.05, 3.63) is 29.3 Å². The number of hydrogen-bond donors (Lipinski definition) is 1. The minimum Gasteiger partial charge on any atom is -0.378 e. The van der Waals surface area contributed by atoms with E-state index in [1.807, 2.05) is 6.07 Å². The Hall–Kier alpha value is -0.970. The maximum atomic E-state index is 5.86. The van der Waals surface area contributed by atoms with Gasteiger partial charge in [-0.25, -0.2) is 4.98 Å². The van der Waals surface area contributed by atoms with Crippen molar-refractivity contribution in [2.45, 2.75) is 52.3 Å². The Bertz CT molecular complexity index is 579. The zero-order valence-electron chi connectivity index (χ0n) is 13.1. The lowest BCUT2D eigenvalue weighted by Crippen LogP contribution is -2.61. The maximum Gasteiger partial charge on any atom is 0.108 e. The molecule has 1 aliphatic carbocycles. The first-order chi connectivity index (χ1) is 10.2. The molecule has 1 fully saturated rings. The van der Waals surface area contributed by atoms with Crippen molar-refractivity contribution >= 4 is 21.6 Å². The first kappa shape index (κ1) is 14.9. The molecule has 3 atom stereocenters. The first-order valence-corrected chi connectivity index (χ1v) is 8.68. The standard InChI is InChI=1S/C17H24N2OS/c1-4-17(3)14(10-15(17)20-5-2)18-11-16-19-12-8-6-7-9-13(12)21-16/h6-9,14-15,18H,4-5,10-11H2,1-3H3. The molecule has 3 nitrogen and oxygen atoms in total. The van der Waals surface area contributed by atoms with Gasteiger partial charge in [-0.1, -0.05) is 26.0 Å². The second-order valence-electron chi connectivity index (χ2n) is 6.05. The van der Waals surface area contributed by atoms with Crippen LogP contribution in [0.3, 0.4) is 0 Å². The van der Waals surface area contributed by atoms with Gasteiger partial charge in [0.15, 0.2) is 0 Å². The van der Waals surface area contributed by atoms with Crippen LogP contribution in [0.2, 0.25) is 0 Å². The third-order valence-electron chi connectivity index (χ3n) is 4.95. The third kappa shape index (κ3) is 2.72. The van der Waals surface area contributed by atoms with Gasteiger partial charge in [-0.2, -0.15) is 0 Å². The lowest BCUT2D eigenvalue weighted by atomic mass is 9.61. The summed E-state index contributed by atoms with van der Waals surface area (Å²) in [4.78, 5) is 4.70. The van der Waals surface area contributed by atoms with Gasteiger partial charge in [-0.05, 0) is 31.9 Å². The van der Waals surface area contributed by atoms with Gasteiger partial charge in [-0.3, -0.25) is 0 Å². The predicted molar refractivity (Wildman–Crippen MR) is 88.7 cm³/mol. The second-order valence-corrected chi connectivity index (χ2v) is 7.16. The van der Waals surface area contributed by atoms with Gasteiger partial charge in [0.05, 0.1) is 16.3 Å². The number of ether oxygens (including phenoxy) is 1. The number of aromatic nitrogens is 1. The smallest absolute Gasteiger partial charge is 0.108 e. The van der Waals surface area contributed by atoms with Crippen LogP contribution in [0.5, 0.6) is 0 Å². The zero-order chi connectivity index (χ0) is 14.9. The average Bonchev–Trinajstić information content (AvgIpc) is 2.91. The van der Waals surface area contributed by atoms with E-state index in [4.69, 9.17) is 9.72 Å². The second kappa shape index (κ2) is 6.03. The van der Waals surface area contributed by atoms with E-state index in [1.165, 1.54) is 9.71 Å². The number of fused-ring (bicyclic) bond motifs is 1. The van der Waals surface area contributed by atoms with Crippen LogP contribution in [0, 0.1) is 5.41 Å². The predicted octanol–water partition coefficient (Wildman–Crippen LogP) is 3.98. The molecule has 21 heavy (non-hydrogen) atoms. The molecule has 1 aromatic carbocycles. The molecule has 0 amide bonds. The quantitative estimate of drug-likeness (QED) is 0.876. The van der Waals surface area contributed by atoms with E-state index in [0.717, 1.165) is 31.5 Å². The van der Waals surface area contributed by atoms with Gasteiger partial charge >= 0.3 is 0 Å². The Balaban J connectivity index is 1.62. The highest BCUT2D eigenvalue weighted by Crippen LogP contribution is 2.46. The summed E-state index contributed by atoms with van der Waals surface area (Å²) in [5, 5.41) is 4.87. The SMILES string of the molecule is CCOC1CC(NCc2nc3ccccc3s2)C1(C)CC. The minimum atomic E-state index is 0.257. The summed E-state index contributed by atoms with van der Waals surface area (Å²) in [6.45, 7) is 8.35. The van der Waals surface area contributed by atoms with Crippen LogP contribution in [0.1, 0.15) is 38.6 Å². The van der Waals surface area contributed by atoms with Crippen molar-refractivity contribution in [1.29, 1.82) is 0 Å². The highest BCUT2D eigenvalue weighted by atomic mass is 32.1. The molecule has 3 rings (SSSR count). The van der Waals surface area contributed by atoms with E-state index >= 15 is 0 Å². The number of nitrogens with zero attached hydrogens (tertiary/aromatic N) is 1. The Morgan fingerprint density at radius 3 is 2.90 bits per heavy atom. The van der Waals surface area contributed by atoms with Crippen LogP contribution in [-0.2, 0) is 11.3 Å². The summed E-state index contributed by atoms with van der Waals surface area (Å²) in [5.74, 6) is 0. The van der Waals surface area contributed by atoms with Gasteiger partial charge < -0.3 is 10.1 Å². The van der Waals surface area contributed by atoms with Crippen LogP contribution in [0.4, 0.5) is 0 Å². The molecule has 2 aromatic rings. The van der Waals surface area contributed by atoms with E-state index in [0.29, 0.717) is 12.1 Å². The minimum absolute atomic E-state index is 0.257. The first-order valence-electron chi connectivity index (χ1n) is 7.86. The summed E-state index contributed by atoms with van der Waals surface area (Å²) in [6, 6.07) is 8.88. The molecule has 1 N–H and O–H groups in total. The molecular formula is C17H24N2OS. The maximum absolute atomic E-state index is 5.86. The van der Waals surface area contributed by atoms with E-state index < -0.39 is 0 Å². The van der Waals surface area contributed by atoms with E-state index in [1.54, 1.807) is 11.3 Å². The van der Waals surface area contributed by atoms with Gasteiger partial charge in [0, 0.05) is 24.6 Å². The summed E-state index contributed by atoms with van der Waals surface area (Å²) in [5.41, 5.74) is 1.37. The van der Waals surface area contributed by atoms with E-state index in [-0.39, 0.29) is 5.41 Å². The molecule has 0 spiro atoms. The summed E-state index contributed by atoms with van der Waals surface area (Å²) < 4.78 is 7.13. The molecular weight excluding hydrogens is 280 g/mol. The Morgan fingerprint density at radius 2 is 2.19 bits per heavy atom. The lowest BCUT2D eigenvalue weighted by molar-refractivity contribution is -0.126. The van der Waals surface area contributed by atoms with Gasteiger partial charge in [0.1, 0.15) is 5.01 Å². The third-order valence-corrected chi connectivity index (χ3v) is 5.99. The number of benzene rings is 1. The number of rotatable bonds is 6. The van der Waals surface area contributed by atoms with Gasteiger partial charge in [0.2, 0.25) is 0 Å². The Morgan fingerprint density at radius 1 is 1.38 bits per heavy atom. The molecule has 0 bridgehead atoms. The number of thiazole rings is 1. The van der Waals surface area contributed by atoms with Gasteiger partial charge in [-0.15, -0.1) is 11.3 Å². The van der Waals surface area contributed by atoms with Crippen molar-refractivity contribution in [2.24, 2.45) is 5.41 Å². The van der Waals surface area contributed by atoms with Crippen LogP contribution in [0.25, 0.3) is 10.2 Å². The number of nitrogens with one attached hydrogen (secondary N) is 1. The van der Waals surface area contributed by atoms with Crippen molar-refractivity contribution in [2.75, 3.05) is 6.61 Å². The molecule has 0 radical (unpaired) electrons. The van der Waals surface area contributed by atoms with Crippen molar-refractivity contribution in [3.8, 4) is 0 Å². The molecule has 1 aromatic heterocycles. The summed E-state index contributed by atoms with van der Waals surface area (Å²) in [7, 11) is 0. The van der Waals surface area contributed by atoms with E-state index in [2.05, 4.69) is 44.3 Å². The molecule has 0 aliphatic heterocycles. The molecule has 4 heteroatoms. The Kier molecular flexibility index (Phi) is 4.29. The average molecular weight is 304 g/mol. The molecule has 1 heterocycles. The monoisotopic (exact) mass is 304 g/mol. The fraction of sp³-hybridized carbons (Fsp3) is 0.588. The fourth-order valence-electron chi connectivity index (χ4n) is 3.27. The topological polar surface area (TPSA) is 34.1 Å². The van der Waals surface area contributed by atoms with Crippen LogP contribution in [-0.4, -0.2) is 23.7 Å². The summed E-state index contributed by atoms with van der Waals surface area (Å²) in [6.07, 6.45) is 2.67. The van der Waals surface area contributed by atoms with Crippen LogP contribution in [0.15, 0.2) is 24.3 Å². The van der Waals surface area contributed by atoms with Crippen LogP contribution < -0.4 is 5.32 Å². The van der Waals surface area contributed by atoms with Crippen LogP contribution >= 0.6 is 11.3 Å². The highest BCUT2D eigenvalue weighted by Gasteiger charge is 2.50. The van der Waals surface area contributed by atoms with Crippen molar-refractivity contribution in [3.63, 3.8) is 0 Å². The number of hydrogen-bond acceptors (Lipinski definition) is 4. The molecule has 3 unspecified atom stereocenters. The molecule has 114 valence electrons. The highest BCUT2D eigenvalue weighted by molar-refractivity contribution is 7.18. The normalized spacial score (nSPS) is 28.7. The largest absolute Gasteiger partial charge is 0.378 e. The zero-order valence-corrected chi connectivity index (χ0v) is 13.9. The van der Waals surface area contributed by atoms with E-state index in [9.17, 15) is 0 Å². The lowest BCUT2D eigenvalue weighted by Gasteiger charge is -2.53. The van der Waals surface area contributed by atoms with Crippen molar-refractivity contribution in [1.82, 2.24) is 10.3 Å².